The summed E-state index contributed by atoms with van der Waals surface area (Å²) >= 11 is 1.51. The van der Waals surface area contributed by atoms with Gasteiger partial charge in [-0.3, -0.25) is 4.79 Å². The lowest BCUT2D eigenvalue weighted by Gasteiger charge is -2.30. The van der Waals surface area contributed by atoms with Crippen molar-refractivity contribution in [2.24, 2.45) is 0 Å². The smallest absolute Gasteiger partial charge is 0.246 e. The van der Waals surface area contributed by atoms with Gasteiger partial charge in [-0.2, -0.15) is 11.3 Å². The Kier molecular flexibility index (Phi) is 4.36. The molecule has 1 aliphatic rings. The van der Waals surface area contributed by atoms with Gasteiger partial charge in [-0.1, -0.05) is 18.7 Å². The third-order valence-corrected chi connectivity index (χ3v) is 5.32. The molecular formula is C18H22N2O3S. The fraction of sp³-hybridized carbons (Fsp3) is 0.444. The number of hydrogen-bond acceptors (Lipinski definition) is 5. The molecule has 1 atom stereocenters. The number of thiophene rings is 1. The molecule has 0 spiro atoms. The van der Waals surface area contributed by atoms with Crippen LogP contribution in [0.25, 0.3) is 0 Å². The number of aromatic nitrogens is 1. The van der Waals surface area contributed by atoms with Gasteiger partial charge in [0.15, 0.2) is 0 Å². The summed E-state index contributed by atoms with van der Waals surface area (Å²) in [5.74, 6) is 0.626. The van der Waals surface area contributed by atoms with Crippen molar-refractivity contribution in [1.82, 2.24) is 10.1 Å². The van der Waals surface area contributed by atoms with E-state index in [1.165, 1.54) is 17.4 Å². The lowest BCUT2D eigenvalue weighted by atomic mass is 9.98. The molecule has 1 unspecified atom stereocenters. The van der Waals surface area contributed by atoms with Crippen molar-refractivity contribution in [3.8, 4) is 0 Å². The first-order chi connectivity index (χ1) is 11.3. The minimum atomic E-state index is -1.13. The van der Waals surface area contributed by atoms with Crippen LogP contribution in [-0.2, 0) is 22.4 Å². The topological polar surface area (TPSA) is 66.6 Å². The van der Waals surface area contributed by atoms with Crippen LogP contribution in [-0.4, -0.2) is 27.6 Å². The SMILES string of the molecule is C=CC(=O)N(Cc1cc(C2(C)CC2)on1)CC(C)(O)c1ccsc1. The Labute approximate surface area is 145 Å². The van der Waals surface area contributed by atoms with Gasteiger partial charge < -0.3 is 14.5 Å². The normalized spacial score (nSPS) is 18.0. The highest BCUT2D eigenvalue weighted by Crippen LogP contribution is 2.47. The molecule has 24 heavy (non-hydrogen) atoms. The minimum Gasteiger partial charge on any atom is -0.384 e. The molecule has 0 saturated heterocycles. The van der Waals surface area contributed by atoms with Crippen molar-refractivity contribution < 1.29 is 14.4 Å². The van der Waals surface area contributed by atoms with Crippen LogP contribution in [0.3, 0.4) is 0 Å². The summed E-state index contributed by atoms with van der Waals surface area (Å²) in [5, 5.41) is 18.6. The molecule has 0 bridgehead atoms. The molecular weight excluding hydrogens is 324 g/mol. The highest BCUT2D eigenvalue weighted by molar-refractivity contribution is 7.08. The molecule has 1 amide bonds. The van der Waals surface area contributed by atoms with Crippen molar-refractivity contribution in [3.63, 3.8) is 0 Å². The van der Waals surface area contributed by atoms with Gasteiger partial charge in [0.25, 0.3) is 0 Å². The van der Waals surface area contributed by atoms with Crippen LogP contribution in [0.5, 0.6) is 0 Å². The fourth-order valence-electron chi connectivity index (χ4n) is 2.67. The molecule has 2 aromatic rings. The molecule has 3 rings (SSSR count). The van der Waals surface area contributed by atoms with Gasteiger partial charge >= 0.3 is 0 Å². The zero-order chi connectivity index (χ0) is 17.4. The van der Waals surface area contributed by atoms with Crippen molar-refractivity contribution in [1.29, 1.82) is 0 Å². The van der Waals surface area contributed by atoms with Gasteiger partial charge in [0, 0.05) is 11.5 Å². The molecule has 1 fully saturated rings. The number of hydrogen-bond donors (Lipinski definition) is 1. The summed E-state index contributed by atoms with van der Waals surface area (Å²) in [6.45, 7) is 7.85. The van der Waals surface area contributed by atoms with E-state index in [1.807, 2.05) is 22.9 Å². The van der Waals surface area contributed by atoms with Crippen molar-refractivity contribution in [2.75, 3.05) is 6.54 Å². The van der Waals surface area contributed by atoms with Crippen molar-refractivity contribution >= 4 is 17.2 Å². The first-order valence-corrected chi connectivity index (χ1v) is 8.91. The van der Waals surface area contributed by atoms with Crippen molar-refractivity contribution in [2.45, 2.75) is 44.2 Å². The second-order valence-electron chi connectivity index (χ2n) is 6.93. The first kappa shape index (κ1) is 16.9. The highest BCUT2D eigenvalue weighted by Gasteiger charge is 2.43. The Morgan fingerprint density at radius 2 is 2.38 bits per heavy atom. The highest BCUT2D eigenvalue weighted by atomic mass is 32.1. The Morgan fingerprint density at radius 3 is 2.96 bits per heavy atom. The van der Waals surface area contributed by atoms with Gasteiger partial charge in [-0.05, 0) is 48.2 Å². The van der Waals surface area contributed by atoms with Gasteiger partial charge in [0.2, 0.25) is 5.91 Å². The van der Waals surface area contributed by atoms with Gasteiger partial charge in [0.1, 0.15) is 17.1 Å². The number of carbonyl (C=O) groups is 1. The summed E-state index contributed by atoms with van der Waals surface area (Å²) in [5.41, 5.74) is 0.448. The average Bonchev–Trinajstić information content (AvgIpc) is 3.02. The van der Waals surface area contributed by atoms with E-state index in [1.54, 1.807) is 11.8 Å². The maximum atomic E-state index is 12.2. The third kappa shape index (κ3) is 3.44. The van der Waals surface area contributed by atoms with E-state index in [-0.39, 0.29) is 24.4 Å². The summed E-state index contributed by atoms with van der Waals surface area (Å²) < 4.78 is 5.43. The van der Waals surface area contributed by atoms with Crippen LogP contribution in [0.15, 0.2) is 40.1 Å². The molecule has 1 saturated carbocycles. The van der Waals surface area contributed by atoms with Crippen LogP contribution >= 0.6 is 11.3 Å². The van der Waals surface area contributed by atoms with Crippen LogP contribution in [0.1, 0.15) is 43.7 Å². The summed E-state index contributed by atoms with van der Waals surface area (Å²) in [6, 6.07) is 3.78. The van der Waals surface area contributed by atoms with E-state index in [9.17, 15) is 9.90 Å². The maximum absolute atomic E-state index is 12.2. The summed E-state index contributed by atoms with van der Waals surface area (Å²) in [6.07, 6.45) is 3.46. The predicted octanol–water partition coefficient (Wildman–Crippen LogP) is 3.21. The minimum absolute atomic E-state index is 0.0979. The maximum Gasteiger partial charge on any atom is 0.246 e. The third-order valence-electron chi connectivity index (χ3n) is 4.63. The lowest BCUT2D eigenvalue weighted by Crippen LogP contribution is -2.41. The van der Waals surface area contributed by atoms with Crippen LogP contribution < -0.4 is 0 Å². The molecule has 128 valence electrons. The van der Waals surface area contributed by atoms with Gasteiger partial charge in [-0.25, -0.2) is 0 Å². The van der Waals surface area contributed by atoms with Gasteiger partial charge in [-0.15, -0.1) is 0 Å². The van der Waals surface area contributed by atoms with E-state index in [0.717, 1.165) is 24.2 Å². The second-order valence-corrected chi connectivity index (χ2v) is 7.71. The lowest BCUT2D eigenvalue weighted by molar-refractivity contribution is -0.130. The van der Waals surface area contributed by atoms with E-state index >= 15 is 0 Å². The summed E-state index contributed by atoms with van der Waals surface area (Å²) in [4.78, 5) is 13.8. The molecule has 1 N–H and O–H groups in total. The fourth-order valence-corrected chi connectivity index (χ4v) is 3.46. The standard InChI is InChI=1S/C18H22N2O3S/c1-4-16(21)20(12-18(3,22)13-5-8-24-11-13)10-14-9-15(23-19-14)17(2)6-7-17/h4-5,8-9,11,22H,1,6-7,10,12H2,2-3H3. The predicted molar refractivity (Wildman–Crippen MR) is 92.6 cm³/mol. The molecule has 0 radical (unpaired) electrons. The van der Waals surface area contributed by atoms with E-state index in [0.29, 0.717) is 5.69 Å². The quantitative estimate of drug-likeness (QED) is 0.782. The second kappa shape index (κ2) is 6.18. The number of nitrogens with zero attached hydrogens (tertiary/aromatic N) is 2. The molecule has 2 heterocycles. The Morgan fingerprint density at radius 1 is 1.62 bits per heavy atom. The van der Waals surface area contributed by atoms with Crippen molar-refractivity contribution in [3.05, 3.63) is 52.6 Å². The monoisotopic (exact) mass is 346 g/mol. The molecule has 0 aliphatic heterocycles. The van der Waals surface area contributed by atoms with Crippen LogP contribution in [0.4, 0.5) is 0 Å². The number of carbonyl (C=O) groups excluding carboxylic acids is 1. The van der Waals surface area contributed by atoms with Gasteiger partial charge in [0.05, 0.1) is 13.1 Å². The molecule has 0 aromatic carbocycles. The number of amides is 1. The Balaban J connectivity index is 1.76. The van der Waals surface area contributed by atoms with Crippen LogP contribution in [0.2, 0.25) is 0 Å². The molecule has 2 aromatic heterocycles. The van der Waals surface area contributed by atoms with Crippen LogP contribution in [0, 0.1) is 0 Å². The number of aliphatic hydroxyl groups is 1. The molecule has 5 nitrogen and oxygen atoms in total. The Bertz CT molecular complexity index is 729. The first-order valence-electron chi connectivity index (χ1n) is 7.96. The molecule has 1 aliphatic carbocycles. The zero-order valence-electron chi connectivity index (χ0n) is 14.0. The van der Waals surface area contributed by atoms with E-state index in [4.69, 9.17) is 4.52 Å². The largest absolute Gasteiger partial charge is 0.384 e. The summed E-state index contributed by atoms with van der Waals surface area (Å²) in [7, 11) is 0. The molecule has 6 heteroatoms. The average molecular weight is 346 g/mol. The Hall–Kier alpha value is -1.92. The van der Waals surface area contributed by atoms with E-state index < -0.39 is 5.60 Å². The number of rotatable bonds is 7. The van der Waals surface area contributed by atoms with E-state index in [2.05, 4.69) is 18.7 Å². The zero-order valence-corrected chi connectivity index (χ0v) is 14.8.